The zero-order valence-corrected chi connectivity index (χ0v) is 16.0. The van der Waals surface area contributed by atoms with E-state index in [4.69, 9.17) is 0 Å². The minimum atomic E-state index is -0.166. The van der Waals surface area contributed by atoms with Gasteiger partial charge in [0.2, 0.25) is 5.56 Å². The summed E-state index contributed by atoms with van der Waals surface area (Å²) in [6.07, 6.45) is 3.30. The molecule has 2 aromatic rings. The number of amides is 1. The minimum absolute atomic E-state index is 0.0120. The monoisotopic (exact) mass is 371 g/mol. The fraction of sp³-hybridized carbons (Fsp3) is 0.500. The van der Waals surface area contributed by atoms with Gasteiger partial charge in [0.25, 0.3) is 5.91 Å². The lowest BCUT2D eigenvalue weighted by molar-refractivity contribution is 0.0629. The molecule has 4 rings (SSSR count). The molecule has 0 spiro atoms. The van der Waals surface area contributed by atoms with E-state index < -0.39 is 0 Å². The number of hydrogen-bond acceptors (Lipinski definition) is 4. The standard InChI is InChI=1S/C20H25N3O2S/c1-2-16-5-6-17(26-16)13-22-7-9-23(10-8-22)20(25)15-11-18(14-3-4-14)21-19(24)12-15/h5-6,11-12,14H,2-4,7-10,13H2,1H3,(H,21,24). The third-order valence-electron chi connectivity index (χ3n) is 5.23. The molecule has 2 aliphatic rings. The second-order valence-electron chi connectivity index (χ2n) is 7.25. The molecule has 0 aromatic carbocycles. The Hall–Kier alpha value is -1.92. The van der Waals surface area contributed by atoms with Crippen LogP contribution in [0.15, 0.2) is 29.1 Å². The summed E-state index contributed by atoms with van der Waals surface area (Å²) in [6.45, 7) is 6.34. The minimum Gasteiger partial charge on any atom is -0.336 e. The summed E-state index contributed by atoms with van der Waals surface area (Å²) in [4.78, 5) is 34.7. The maximum absolute atomic E-state index is 12.8. The zero-order valence-electron chi connectivity index (χ0n) is 15.2. The maximum Gasteiger partial charge on any atom is 0.254 e. The summed E-state index contributed by atoms with van der Waals surface area (Å²) in [6, 6.07) is 7.76. The van der Waals surface area contributed by atoms with Crippen molar-refractivity contribution in [1.29, 1.82) is 0 Å². The first-order valence-electron chi connectivity index (χ1n) is 9.46. The number of thiophene rings is 1. The first-order chi connectivity index (χ1) is 12.6. The Kier molecular flexibility index (Phi) is 4.96. The van der Waals surface area contributed by atoms with Crippen molar-refractivity contribution in [3.63, 3.8) is 0 Å². The van der Waals surface area contributed by atoms with Gasteiger partial charge in [-0.25, -0.2) is 0 Å². The molecule has 1 aliphatic heterocycles. The number of nitrogens with one attached hydrogen (secondary N) is 1. The number of carbonyl (C=O) groups excluding carboxylic acids is 1. The number of H-pyrrole nitrogens is 1. The Labute approximate surface area is 157 Å². The van der Waals surface area contributed by atoms with Gasteiger partial charge in [0, 0.05) is 59.8 Å². The van der Waals surface area contributed by atoms with Crippen LogP contribution in [0.3, 0.4) is 0 Å². The van der Waals surface area contributed by atoms with Crippen molar-refractivity contribution in [3.8, 4) is 0 Å². The number of nitrogens with zero attached hydrogens (tertiary/aromatic N) is 2. The smallest absolute Gasteiger partial charge is 0.254 e. The SMILES string of the molecule is CCc1ccc(CN2CCN(C(=O)c3cc(C4CC4)[nH]c(=O)c3)CC2)s1. The molecule has 1 N–H and O–H groups in total. The molecule has 0 radical (unpaired) electrons. The third-order valence-corrected chi connectivity index (χ3v) is 6.45. The van der Waals surface area contributed by atoms with E-state index in [0.29, 0.717) is 11.5 Å². The van der Waals surface area contributed by atoms with E-state index >= 15 is 0 Å². The number of aromatic nitrogens is 1. The largest absolute Gasteiger partial charge is 0.336 e. The summed E-state index contributed by atoms with van der Waals surface area (Å²) in [5.74, 6) is 0.424. The van der Waals surface area contributed by atoms with Gasteiger partial charge in [0.15, 0.2) is 0 Å². The Morgan fingerprint density at radius 2 is 1.88 bits per heavy atom. The van der Waals surface area contributed by atoms with Crippen LogP contribution in [0.2, 0.25) is 0 Å². The van der Waals surface area contributed by atoms with Crippen molar-refractivity contribution in [2.45, 2.75) is 38.6 Å². The predicted molar refractivity (Wildman–Crippen MR) is 104 cm³/mol. The van der Waals surface area contributed by atoms with Crippen molar-refractivity contribution in [2.24, 2.45) is 0 Å². The van der Waals surface area contributed by atoms with E-state index in [-0.39, 0.29) is 11.5 Å². The number of rotatable bonds is 5. The molecule has 2 aromatic heterocycles. The number of pyridine rings is 1. The van der Waals surface area contributed by atoms with Gasteiger partial charge in [-0.1, -0.05) is 6.92 Å². The second-order valence-corrected chi connectivity index (χ2v) is 8.51. The third kappa shape index (κ3) is 3.91. The molecule has 0 bridgehead atoms. The highest BCUT2D eigenvalue weighted by Gasteiger charge is 2.27. The van der Waals surface area contributed by atoms with E-state index in [0.717, 1.165) is 57.7 Å². The van der Waals surface area contributed by atoms with E-state index in [1.807, 2.05) is 22.3 Å². The normalized spacial score (nSPS) is 18.3. The summed E-state index contributed by atoms with van der Waals surface area (Å²) in [5, 5.41) is 0. The number of hydrogen-bond donors (Lipinski definition) is 1. The lowest BCUT2D eigenvalue weighted by atomic mass is 10.1. The number of aromatic amines is 1. The van der Waals surface area contributed by atoms with Crippen LogP contribution in [-0.2, 0) is 13.0 Å². The predicted octanol–water partition coefficient (Wildman–Crippen LogP) is 2.83. The van der Waals surface area contributed by atoms with Crippen LogP contribution in [0.1, 0.15) is 51.5 Å². The van der Waals surface area contributed by atoms with Crippen molar-refractivity contribution < 1.29 is 4.79 Å². The van der Waals surface area contributed by atoms with Crippen LogP contribution >= 0.6 is 11.3 Å². The highest BCUT2D eigenvalue weighted by molar-refractivity contribution is 7.11. The van der Waals surface area contributed by atoms with Gasteiger partial charge in [-0.05, 0) is 43.4 Å². The van der Waals surface area contributed by atoms with Gasteiger partial charge in [0.05, 0.1) is 0 Å². The van der Waals surface area contributed by atoms with Gasteiger partial charge in [-0.15, -0.1) is 11.3 Å². The number of aryl methyl sites for hydroxylation is 1. The molecule has 138 valence electrons. The molecule has 0 atom stereocenters. The fourth-order valence-corrected chi connectivity index (χ4v) is 4.51. The average molecular weight is 372 g/mol. The Balaban J connectivity index is 1.36. The molecule has 1 saturated carbocycles. The zero-order chi connectivity index (χ0) is 18.1. The summed E-state index contributed by atoms with van der Waals surface area (Å²) in [5.41, 5.74) is 1.29. The highest BCUT2D eigenvalue weighted by Crippen LogP contribution is 2.38. The molecule has 6 heteroatoms. The van der Waals surface area contributed by atoms with Crippen molar-refractivity contribution >= 4 is 17.2 Å². The molecule has 1 aliphatic carbocycles. The first-order valence-corrected chi connectivity index (χ1v) is 10.3. The molecular formula is C20H25N3O2S. The molecule has 0 unspecified atom stereocenters. The average Bonchev–Trinajstić information content (AvgIpc) is 3.41. The van der Waals surface area contributed by atoms with E-state index in [1.165, 1.54) is 15.8 Å². The van der Waals surface area contributed by atoms with Crippen LogP contribution in [0.4, 0.5) is 0 Å². The lowest BCUT2D eigenvalue weighted by Crippen LogP contribution is -2.48. The van der Waals surface area contributed by atoms with Crippen LogP contribution in [0.25, 0.3) is 0 Å². The second kappa shape index (κ2) is 7.37. The van der Waals surface area contributed by atoms with Crippen LogP contribution in [0, 0.1) is 0 Å². The van der Waals surface area contributed by atoms with Gasteiger partial charge in [-0.2, -0.15) is 0 Å². The summed E-state index contributed by atoms with van der Waals surface area (Å²) in [7, 11) is 0. The van der Waals surface area contributed by atoms with Crippen molar-refractivity contribution in [1.82, 2.24) is 14.8 Å². The number of carbonyl (C=O) groups is 1. The topological polar surface area (TPSA) is 56.4 Å². The van der Waals surface area contributed by atoms with E-state index in [9.17, 15) is 9.59 Å². The lowest BCUT2D eigenvalue weighted by Gasteiger charge is -2.34. The molecule has 1 amide bonds. The summed E-state index contributed by atoms with van der Waals surface area (Å²) < 4.78 is 0. The van der Waals surface area contributed by atoms with Gasteiger partial charge in [-0.3, -0.25) is 14.5 Å². The quantitative estimate of drug-likeness (QED) is 0.879. The Morgan fingerprint density at radius 3 is 2.54 bits per heavy atom. The molecule has 2 fully saturated rings. The highest BCUT2D eigenvalue weighted by atomic mass is 32.1. The van der Waals surface area contributed by atoms with Crippen molar-refractivity contribution in [3.05, 3.63) is 55.6 Å². The van der Waals surface area contributed by atoms with Crippen LogP contribution < -0.4 is 5.56 Å². The Bertz CT molecular complexity index is 845. The van der Waals surface area contributed by atoms with Gasteiger partial charge < -0.3 is 9.88 Å². The maximum atomic E-state index is 12.8. The molecule has 1 saturated heterocycles. The number of piperazine rings is 1. The fourth-order valence-electron chi connectivity index (χ4n) is 3.51. The Morgan fingerprint density at radius 1 is 1.15 bits per heavy atom. The molecule has 5 nitrogen and oxygen atoms in total. The van der Waals surface area contributed by atoms with Crippen LogP contribution in [-0.4, -0.2) is 46.9 Å². The van der Waals surface area contributed by atoms with Crippen molar-refractivity contribution in [2.75, 3.05) is 26.2 Å². The molecular weight excluding hydrogens is 346 g/mol. The van der Waals surface area contributed by atoms with E-state index in [1.54, 1.807) is 0 Å². The van der Waals surface area contributed by atoms with Crippen LogP contribution in [0.5, 0.6) is 0 Å². The van der Waals surface area contributed by atoms with Gasteiger partial charge in [0.1, 0.15) is 0 Å². The van der Waals surface area contributed by atoms with E-state index in [2.05, 4.69) is 28.9 Å². The molecule has 3 heterocycles. The molecule has 26 heavy (non-hydrogen) atoms. The first kappa shape index (κ1) is 17.5. The summed E-state index contributed by atoms with van der Waals surface area (Å²) >= 11 is 1.88. The van der Waals surface area contributed by atoms with Gasteiger partial charge >= 0.3 is 0 Å².